The molecule has 0 fully saturated rings. The highest BCUT2D eigenvalue weighted by atomic mass is 127. The van der Waals surface area contributed by atoms with Crippen LogP contribution in [-0.2, 0) is 0 Å². The molecule has 0 bridgehead atoms. The standard InChI is InChI=1S/C12H7Br2IOS/c1-6-8(5-11(14)17-6)12(16)9-4-7(15)2-3-10(9)13/h2-5H,1H3. The minimum atomic E-state index is 0.0647. The van der Waals surface area contributed by atoms with Crippen LogP contribution < -0.4 is 0 Å². The van der Waals surface area contributed by atoms with Gasteiger partial charge in [-0.1, -0.05) is 15.9 Å². The molecule has 0 amide bonds. The Morgan fingerprint density at radius 2 is 1.94 bits per heavy atom. The van der Waals surface area contributed by atoms with Crippen molar-refractivity contribution in [2.45, 2.75) is 6.92 Å². The summed E-state index contributed by atoms with van der Waals surface area (Å²) in [6.07, 6.45) is 0. The van der Waals surface area contributed by atoms with E-state index in [0.717, 1.165) is 22.3 Å². The van der Waals surface area contributed by atoms with E-state index in [2.05, 4.69) is 54.5 Å². The molecule has 2 aromatic rings. The van der Waals surface area contributed by atoms with Gasteiger partial charge in [-0.05, 0) is 69.7 Å². The molecule has 17 heavy (non-hydrogen) atoms. The molecule has 1 heterocycles. The van der Waals surface area contributed by atoms with Crippen molar-refractivity contribution < 1.29 is 4.79 Å². The smallest absolute Gasteiger partial charge is 0.195 e. The zero-order valence-electron chi connectivity index (χ0n) is 8.76. The van der Waals surface area contributed by atoms with Crippen LogP contribution in [0.4, 0.5) is 0 Å². The fourth-order valence-electron chi connectivity index (χ4n) is 1.49. The van der Waals surface area contributed by atoms with Gasteiger partial charge < -0.3 is 0 Å². The van der Waals surface area contributed by atoms with E-state index in [0.29, 0.717) is 5.56 Å². The van der Waals surface area contributed by atoms with Gasteiger partial charge in [-0.15, -0.1) is 11.3 Å². The molecule has 0 aliphatic rings. The van der Waals surface area contributed by atoms with E-state index in [1.54, 1.807) is 11.3 Å². The van der Waals surface area contributed by atoms with Gasteiger partial charge in [0.2, 0.25) is 0 Å². The Morgan fingerprint density at radius 1 is 1.24 bits per heavy atom. The van der Waals surface area contributed by atoms with Crippen molar-refractivity contribution in [1.82, 2.24) is 0 Å². The molecule has 0 unspecified atom stereocenters. The van der Waals surface area contributed by atoms with Crippen molar-refractivity contribution in [3.05, 3.63) is 52.1 Å². The Labute approximate surface area is 134 Å². The van der Waals surface area contributed by atoms with E-state index in [9.17, 15) is 4.79 Å². The summed E-state index contributed by atoms with van der Waals surface area (Å²) in [4.78, 5) is 13.4. The number of hydrogen-bond acceptors (Lipinski definition) is 2. The summed E-state index contributed by atoms with van der Waals surface area (Å²) in [5, 5.41) is 0. The van der Waals surface area contributed by atoms with Crippen LogP contribution in [0, 0.1) is 10.5 Å². The van der Waals surface area contributed by atoms with Crippen LogP contribution in [0.5, 0.6) is 0 Å². The molecule has 0 atom stereocenters. The lowest BCUT2D eigenvalue weighted by molar-refractivity contribution is 0.103. The van der Waals surface area contributed by atoms with Gasteiger partial charge in [0.05, 0.1) is 3.79 Å². The second-order valence-electron chi connectivity index (χ2n) is 3.47. The summed E-state index contributed by atoms with van der Waals surface area (Å²) in [5.41, 5.74) is 1.48. The molecule has 0 aliphatic heterocycles. The fourth-order valence-corrected chi connectivity index (χ4v) is 4.09. The van der Waals surface area contributed by atoms with Crippen LogP contribution >= 0.6 is 65.8 Å². The van der Waals surface area contributed by atoms with Crippen LogP contribution in [-0.4, -0.2) is 5.78 Å². The van der Waals surface area contributed by atoms with E-state index < -0.39 is 0 Å². The van der Waals surface area contributed by atoms with Crippen LogP contribution in [0.2, 0.25) is 0 Å². The van der Waals surface area contributed by atoms with E-state index >= 15 is 0 Å². The van der Waals surface area contributed by atoms with Crippen molar-refractivity contribution in [3.63, 3.8) is 0 Å². The SMILES string of the molecule is Cc1sc(Br)cc1C(=O)c1cc(I)ccc1Br. The molecule has 88 valence electrons. The highest BCUT2D eigenvalue weighted by molar-refractivity contribution is 14.1. The lowest BCUT2D eigenvalue weighted by Crippen LogP contribution is -2.02. The van der Waals surface area contributed by atoms with Crippen LogP contribution in [0.3, 0.4) is 0 Å². The van der Waals surface area contributed by atoms with E-state index in [1.807, 2.05) is 31.2 Å². The maximum absolute atomic E-state index is 12.4. The summed E-state index contributed by atoms with van der Waals surface area (Å²) in [6, 6.07) is 7.66. The number of carbonyl (C=O) groups is 1. The minimum Gasteiger partial charge on any atom is -0.289 e. The summed E-state index contributed by atoms with van der Waals surface area (Å²) in [7, 11) is 0. The van der Waals surface area contributed by atoms with Crippen molar-refractivity contribution in [1.29, 1.82) is 0 Å². The van der Waals surface area contributed by atoms with Gasteiger partial charge >= 0.3 is 0 Å². The van der Waals surface area contributed by atoms with Crippen molar-refractivity contribution >= 4 is 71.6 Å². The van der Waals surface area contributed by atoms with Crippen LogP contribution in [0.15, 0.2) is 32.5 Å². The van der Waals surface area contributed by atoms with Gasteiger partial charge in [0.25, 0.3) is 0 Å². The molecule has 2 rings (SSSR count). The molecule has 0 N–H and O–H groups in total. The quantitative estimate of drug-likeness (QED) is 0.410. The number of ketones is 1. The highest BCUT2D eigenvalue weighted by Gasteiger charge is 2.17. The molecule has 1 aromatic carbocycles. The Bertz CT molecular complexity index is 592. The molecule has 1 nitrogen and oxygen atoms in total. The first-order valence-electron chi connectivity index (χ1n) is 4.74. The third-order valence-corrected chi connectivity index (χ3v) is 5.22. The average Bonchev–Trinajstić information content (AvgIpc) is 2.60. The van der Waals surface area contributed by atoms with Gasteiger partial charge in [-0.3, -0.25) is 4.79 Å². The Balaban J connectivity index is 2.50. The molecule has 0 spiro atoms. The van der Waals surface area contributed by atoms with Gasteiger partial charge in [0.1, 0.15) is 0 Å². The minimum absolute atomic E-state index is 0.0647. The third kappa shape index (κ3) is 3.00. The van der Waals surface area contributed by atoms with E-state index in [1.165, 1.54) is 0 Å². The molecule has 1 aromatic heterocycles. The van der Waals surface area contributed by atoms with Crippen LogP contribution in [0.25, 0.3) is 0 Å². The highest BCUT2D eigenvalue weighted by Crippen LogP contribution is 2.30. The molecular formula is C12H7Br2IOS. The first-order valence-corrected chi connectivity index (χ1v) is 8.23. The first kappa shape index (κ1) is 13.7. The van der Waals surface area contributed by atoms with Crippen molar-refractivity contribution in [3.8, 4) is 0 Å². The van der Waals surface area contributed by atoms with Gasteiger partial charge in [-0.2, -0.15) is 0 Å². The molecule has 5 heteroatoms. The number of halogens is 3. The Kier molecular flexibility index (Phi) is 4.44. The zero-order valence-corrected chi connectivity index (χ0v) is 14.9. The summed E-state index contributed by atoms with van der Waals surface area (Å²) in [6.45, 7) is 1.96. The van der Waals surface area contributed by atoms with E-state index in [4.69, 9.17) is 0 Å². The van der Waals surface area contributed by atoms with Crippen molar-refractivity contribution in [2.24, 2.45) is 0 Å². The Hall–Kier alpha value is 0.280. The number of rotatable bonds is 2. The fraction of sp³-hybridized carbons (Fsp3) is 0.0833. The molecule has 0 aliphatic carbocycles. The van der Waals surface area contributed by atoms with Gasteiger partial charge in [0.15, 0.2) is 5.78 Å². The molecule has 0 saturated carbocycles. The Morgan fingerprint density at radius 3 is 2.53 bits per heavy atom. The summed E-state index contributed by atoms with van der Waals surface area (Å²) in [5.74, 6) is 0.0647. The maximum atomic E-state index is 12.4. The summed E-state index contributed by atoms with van der Waals surface area (Å²) < 4.78 is 2.88. The third-order valence-electron chi connectivity index (χ3n) is 2.31. The maximum Gasteiger partial charge on any atom is 0.195 e. The predicted molar refractivity (Wildman–Crippen MR) is 87.0 cm³/mol. The topological polar surface area (TPSA) is 17.1 Å². The molecular weight excluding hydrogens is 479 g/mol. The lowest BCUT2D eigenvalue weighted by atomic mass is 10.0. The number of benzene rings is 1. The average molecular weight is 486 g/mol. The lowest BCUT2D eigenvalue weighted by Gasteiger charge is -2.04. The van der Waals surface area contributed by atoms with Crippen molar-refractivity contribution in [2.75, 3.05) is 0 Å². The van der Waals surface area contributed by atoms with Gasteiger partial charge in [-0.25, -0.2) is 0 Å². The van der Waals surface area contributed by atoms with E-state index in [-0.39, 0.29) is 5.78 Å². The van der Waals surface area contributed by atoms with Crippen LogP contribution in [0.1, 0.15) is 20.8 Å². The predicted octanol–water partition coefficient (Wildman–Crippen LogP) is 5.42. The normalized spacial score (nSPS) is 10.6. The second kappa shape index (κ2) is 5.50. The number of carbonyl (C=O) groups excluding carboxylic acids is 1. The second-order valence-corrected chi connectivity index (χ2v) is 8.21. The largest absolute Gasteiger partial charge is 0.289 e. The molecule has 0 saturated heterocycles. The number of aryl methyl sites for hydroxylation is 1. The first-order chi connectivity index (χ1) is 7.99. The number of hydrogen-bond donors (Lipinski definition) is 0. The monoisotopic (exact) mass is 484 g/mol. The van der Waals surface area contributed by atoms with Gasteiger partial charge in [0, 0.05) is 24.0 Å². The number of thiophene rings is 1. The molecule has 0 radical (unpaired) electrons. The zero-order chi connectivity index (χ0) is 12.6. The summed E-state index contributed by atoms with van der Waals surface area (Å²) >= 11 is 10.6.